The molecule has 212 valence electrons. The summed E-state index contributed by atoms with van der Waals surface area (Å²) in [7, 11) is -3.43. The zero-order valence-electron chi connectivity index (χ0n) is 20.3. The molecular formula is C22H36ClN3O6S5. The normalized spacial score (nSPS) is 23.8. The molecule has 2 amide bonds. The highest BCUT2D eigenvalue weighted by Crippen LogP contribution is 2.34. The molecule has 15 heteroatoms. The Labute approximate surface area is 251 Å². The molecule has 4 rings (SSSR count). The Morgan fingerprint density at radius 2 is 1.65 bits per heavy atom. The van der Waals surface area contributed by atoms with Gasteiger partial charge in [0.15, 0.2) is 5.78 Å². The number of alkyl halides is 1. The molecule has 0 aromatic heterocycles. The number of benzene rings is 1. The lowest BCUT2D eigenvalue weighted by atomic mass is 9.83. The van der Waals surface area contributed by atoms with Gasteiger partial charge in [-0.1, -0.05) is 19.3 Å². The van der Waals surface area contributed by atoms with E-state index >= 15 is 0 Å². The van der Waals surface area contributed by atoms with E-state index in [0.29, 0.717) is 11.3 Å². The highest BCUT2D eigenvalue weighted by atomic mass is 35.5. The van der Waals surface area contributed by atoms with E-state index < -0.39 is 39.5 Å². The molecule has 2 N–H and O–H groups in total. The first-order chi connectivity index (χ1) is 15.6. The number of nitrogens with zero attached hydrogens (tertiary/aromatic N) is 1. The number of amides is 2. The van der Waals surface area contributed by atoms with Gasteiger partial charge in [-0.2, -0.15) is 54.0 Å². The summed E-state index contributed by atoms with van der Waals surface area (Å²) in [6, 6.07) is 4.50. The molecule has 0 spiro atoms. The predicted octanol–water partition coefficient (Wildman–Crippen LogP) is 1.97. The van der Waals surface area contributed by atoms with Gasteiger partial charge in [0.1, 0.15) is 24.8 Å². The lowest BCUT2D eigenvalue weighted by Crippen LogP contribution is -2.55. The number of likely N-dealkylation sites (tertiary alicyclic amines) is 1. The molecule has 0 unspecified atom stereocenters. The maximum atomic E-state index is 13.6. The second-order valence-electron chi connectivity index (χ2n) is 8.99. The van der Waals surface area contributed by atoms with Crippen molar-refractivity contribution in [1.29, 1.82) is 0 Å². The van der Waals surface area contributed by atoms with Gasteiger partial charge < -0.3 is 15.0 Å². The number of fused-ring (bicyclic) bond motifs is 1. The van der Waals surface area contributed by atoms with Crippen LogP contribution in [-0.2, 0) is 24.3 Å². The number of halogens is 1. The van der Waals surface area contributed by atoms with Gasteiger partial charge in [0.05, 0.1) is 11.6 Å². The van der Waals surface area contributed by atoms with E-state index in [1.54, 1.807) is 0 Å². The first-order valence-corrected chi connectivity index (χ1v) is 13.4. The van der Waals surface area contributed by atoms with E-state index in [9.17, 15) is 22.8 Å². The summed E-state index contributed by atoms with van der Waals surface area (Å²) in [5.41, 5.74) is 0.641. The number of Topliss-reactive ketones (excluding diaryl/α,β-unsaturated/α-hetero) is 1. The second-order valence-corrected chi connectivity index (χ2v) is 11.3. The zero-order valence-corrected chi connectivity index (χ0v) is 25.9. The molecule has 1 aromatic carbocycles. The monoisotopic (exact) mass is 633 g/mol. The highest BCUT2D eigenvalue weighted by Gasteiger charge is 2.53. The Kier molecular flexibility index (Phi) is 14.8. The second kappa shape index (κ2) is 15.1. The van der Waals surface area contributed by atoms with E-state index in [1.165, 1.54) is 29.2 Å². The van der Waals surface area contributed by atoms with Crippen molar-refractivity contribution < 1.29 is 27.5 Å². The van der Waals surface area contributed by atoms with Crippen LogP contribution in [0.15, 0.2) is 24.3 Å². The smallest absolute Gasteiger partial charge is 0.251 e. The van der Waals surface area contributed by atoms with Crippen LogP contribution in [0, 0.1) is 5.92 Å². The Bertz CT molecular complexity index is 1040. The van der Waals surface area contributed by atoms with Crippen molar-refractivity contribution in [1.82, 2.24) is 10.2 Å². The number of ether oxygens (including phenoxy) is 1. The number of hydrogen-bond acceptors (Lipinski definition) is 6. The average molecular weight is 634 g/mol. The fourth-order valence-electron chi connectivity index (χ4n) is 4.98. The van der Waals surface area contributed by atoms with Crippen molar-refractivity contribution in [2.24, 2.45) is 5.92 Å². The lowest BCUT2D eigenvalue weighted by Gasteiger charge is -2.34. The van der Waals surface area contributed by atoms with Gasteiger partial charge in [-0.25, -0.2) is 8.42 Å². The van der Waals surface area contributed by atoms with Crippen LogP contribution in [0.5, 0.6) is 0 Å². The maximum absolute atomic E-state index is 13.6. The molecule has 3 aliphatic rings. The van der Waals surface area contributed by atoms with Crippen molar-refractivity contribution in [3.05, 3.63) is 29.8 Å². The molecule has 2 saturated heterocycles. The van der Waals surface area contributed by atoms with E-state index in [4.69, 9.17) is 16.3 Å². The SMILES string of the molecule is CS(=O)(=O)Nc1ccc(C(=O)N[C@H](C(=O)N2C[C@H](Cl)[C@H]3OCC(=O)[C@H]32)C2CCCCC2)cc1.S.S.S.S. The van der Waals surface area contributed by atoms with Gasteiger partial charge in [-0.05, 0) is 43.0 Å². The minimum absolute atomic E-state index is 0. The minimum Gasteiger partial charge on any atom is -0.366 e. The van der Waals surface area contributed by atoms with Crippen LogP contribution in [0.4, 0.5) is 5.69 Å². The summed E-state index contributed by atoms with van der Waals surface area (Å²) in [6.07, 6.45) is 5.19. The quantitative estimate of drug-likeness (QED) is 0.462. The molecule has 1 aliphatic carbocycles. The standard InChI is InChI=1S/C22H28ClN3O6S.4H2S/c1-33(30,31)25-15-9-7-14(8-10-15)21(28)24-18(13-5-3-2-4-6-13)22(29)26-11-16(23)20-19(26)17(27)12-32-20;;;;/h7-10,13,16,18-20,25H,2-6,11-12H2,1H3,(H,24,28);4*1H2/t16-,18-,19+,20+;;;;/m0..../s1. The van der Waals surface area contributed by atoms with Crippen molar-refractivity contribution in [3.63, 3.8) is 0 Å². The Morgan fingerprint density at radius 3 is 2.22 bits per heavy atom. The van der Waals surface area contributed by atoms with Crippen LogP contribution in [0.2, 0.25) is 0 Å². The topological polar surface area (TPSA) is 122 Å². The van der Waals surface area contributed by atoms with Crippen LogP contribution in [-0.4, -0.2) is 73.9 Å². The van der Waals surface area contributed by atoms with E-state index in [1.807, 2.05) is 0 Å². The third-order valence-corrected chi connectivity index (χ3v) is 7.52. The fourth-order valence-corrected chi connectivity index (χ4v) is 5.90. The van der Waals surface area contributed by atoms with Crippen LogP contribution in [0.3, 0.4) is 0 Å². The van der Waals surface area contributed by atoms with Crippen molar-refractivity contribution in [3.8, 4) is 0 Å². The third-order valence-electron chi connectivity index (χ3n) is 6.53. The first-order valence-electron chi connectivity index (χ1n) is 11.1. The van der Waals surface area contributed by atoms with Gasteiger partial charge >= 0.3 is 0 Å². The molecule has 0 radical (unpaired) electrons. The van der Waals surface area contributed by atoms with E-state index in [-0.39, 0.29) is 84.7 Å². The van der Waals surface area contributed by atoms with Crippen LogP contribution in [0.25, 0.3) is 0 Å². The first kappa shape index (κ1) is 36.2. The van der Waals surface area contributed by atoms with E-state index in [0.717, 1.165) is 38.4 Å². The van der Waals surface area contributed by atoms with Gasteiger partial charge in [-0.3, -0.25) is 19.1 Å². The number of carbonyl (C=O) groups excluding carboxylic acids is 3. The number of ketones is 1. The highest BCUT2D eigenvalue weighted by molar-refractivity contribution is 7.92. The number of carbonyl (C=O) groups is 3. The Hall–Kier alpha value is -0.770. The fraction of sp³-hybridized carbons (Fsp3) is 0.591. The number of nitrogens with one attached hydrogen (secondary N) is 2. The zero-order chi connectivity index (χ0) is 23.8. The molecule has 9 nitrogen and oxygen atoms in total. The van der Waals surface area contributed by atoms with Crippen LogP contribution in [0.1, 0.15) is 42.5 Å². The largest absolute Gasteiger partial charge is 0.366 e. The van der Waals surface area contributed by atoms with Crippen molar-refractivity contribution in [2.45, 2.75) is 55.7 Å². The summed E-state index contributed by atoms with van der Waals surface area (Å²) in [5, 5.41) is 2.42. The molecule has 0 bridgehead atoms. The molecule has 3 fully saturated rings. The molecule has 4 atom stereocenters. The van der Waals surface area contributed by atoms with Gasteiger partial charge in [-0.15, -0.1) is 11.6 Å². The Balaban J connectivity index is 0.00000324. The third kappa shape index (κ3) is 8.61. The maximum Gasteiger partial charge on any atom is 0.251 e. The molecule has 37 heavy (non-hydrogen) atoms. The minimum atomic E-state index is -3.43. The summed E-state index contributed by atoms with van der Waals surface area (Å²) < 4.78 is 30.6. The van der Waals surface area contributed by atoms with Gasteiger partial charge in [0.2, 0.25) is 15.9 Å². The summed E-state index contributed by atoms with van der Waals surface area (Å²) in [5.74, 6) is -0.939. The Morgan fingerprint density at radius 1 is 1.05 bits per heavy atom. The summed E-state index contributed by atoms with van der Waals surface area (Å²) in [4.78, 5) is 40.5. The molecule has 2 aliphatic heterocycles. The average Bonchev–Trinajstić information content (AvgIpc) is 3.32. The number of rotatable bonds is 6. The number of sulfonamides is 1. The summed E-state index contributed by atoms with van der Waals surface area (Å²) >= 11 is 6.36. The summed E-state index contributed by atoms with van der Waals surface area (Å²) in [6.45, 7) is 0.142. The molecular weight excluding hydrogens is 598 g/mol. The van der Waals surface area contributed by atoms with Crippen molar-refractivity contribution in [2.75, 3.05) is 24.1 Å². The molecule has 1 aromatic rings. The predicted molar refractivity (Wildman–Crippen MR) is 164 cm³/mol. The molecule has 1 saturated carbocycles. The van der Waals surface area contributed by atoms with Crippen LogP contribution >= 0.6 is 65.6 Å². The number of hydrogen-bond donors (Lipinski definition) is 2. The molecule has 2 heterocycles. The van der Waals surface area contributed by atoms with Crippen LogP contribution < -0.4 is 10.0 Å². The lowest BCUT2D eigenvalue weighted by molar-refractivity contribution is -0.139. The van der Waals surface area contributed by atoms with E-state index in [2.05, 4.69) is 10.0 Å². The van der Waals surface area contributed by atoms with Gasteiger partial charge in [0.25, 0.3) is 5.91 Å². The van der Waals surface area contributed by atoms with Crippen molar-refractivity contribution >= 4 is 98.9 Å². The van der Waals surface area contributed by atoms with Gasteiger partial charge in [0, 0.05) is 17.8 Å². The number of anilines is 1.